The molecule has 5 heteroatoms. The molecule has 1 aliphatic heterocycles. The minimum Gasteiger partial charge on any atom is -0.383 e. The number of nitrogens with one attached hydrogen (secondary N) is 1. The second kappa shape index (κ2) is 7.57. The van der Waals surface area contributed by atoms with Crippen LogP contribution in [0, 0.1) is 0 Å². The molecule has 0 aromatic carbocycles. The number of hydrogen-bond donors (Lipinski definition) is 1. The predicted molar refractivity (Wildman–Crippen MR) is 84.9 cm³/mol. The van der Waals surface area contributed by atoms with E-state index < -0.39 is 0 Å². The van der Waals surface area contributed by atoms with E-state index in [1.165, 1.54) is 37.8 Å². The Morgan fingerprint density at radius 2 is 2.30 bits per heavy atom. The van der Waals surface area contributed by atoms with Crippen LogP contribution in [0.3, 0.4) is 0 Å². The first kappa shape index (κ1) is 16.0. The Morgan fingerprint density at radius 1 is 1.45 bits per heavy atom. The van der Waals surface area contributed by atoms with Crippen molar-refractivity contribution in [1.82, 2.24) is 15.1 Å². The quantitative estimate of drug-likeness (QED) is 0.859. The summed E-state index contributed by atoms with van der Waals surface area (Å²) in [6, 6.07) is 0. The zero-order chi connectivity index (χ0) is 14.4. The molecule has 2 heterocycles. The fourth-order valence-corrected chi connectivity index (χ4v) is 3.97. The molecule has 0 saturated carbocycles. The topological polar surface area (TPSA) is 39.1 Å². The van der Waals surface area contributed by atoms with Crippen molar-refractivity contribution in [2.45, 2.75) is 57.5 Å². The van der Waals surface area contributed by atoms with Gasteiger partial charge in [0.05, 0.1) is 35.1 Å². The van der Waals surface area contributed by atoms with Gasteiger partial charge in [0, 0.05) is 7.11 Å². The summed E-state index contributed by atoms with van der Waals surface area (Å²) in [5.41, 5.74) is 1.37. The van der Waals surface area contributed by atoms with Gasteiger partial charge in [-0.2, -0.15) is 5.10 Å². The number of hydrogen-bond acceptors (Lipinski definition) is 3. The Bertz CT molecular complexity index is 411. The van der Waals surface area contributed by atoms with Gasteiger partial charge in [-0.15, -0.1) is 0 Å². The van der Waals surface area contributed by atoms with Gasteiger partial charge < -0.3 is 10.1 Å². The molecule has 0 amide bonds. The van der Waals surface area contributed by atoms with Gasteiger partial charge in [0.15, 0.2) is 0 Å². The Balaban J connectivity index is 2.34. The molecule has 1 atom stereocenters. The fraction of sp³-hybridized carbons (Fsp3) is 0.800. The third kappa shape index (κ3) is 3.43. The number of ether oxygens (including phenoxy) is 1. The van der Waals surface area contributed by atoms with E-state index in [2.05, 4.69) is 38.0 Å². The molecule has 0 aliphatic carbocycles. The maximum absolute atomic E-state index is 5.22. The predicted octanol–water partition coefficient (Wildman–Crippen LogP) is 3.45. The number of methoxy groups -OCH3 is 1. The lowest BCUT2D eigenvalue weighted by atomic mass is 9.85. The van der Waals surface area contributed by atoms with Crippen molar-refractivity contribution in [3.8, 4) is 0 Å². The van der Waals surface area contributed by atoms with E-state index in [1.807, 2.05) is 6.20 Å². The average molecular weight is 344 g/mol. The minimum atomic E-state index is 0.0638. The lowest BCUT2D eigenvalue weighted by molar-refractivity contribution is 0.176. The minimum absolute atomic E-state index is 0.0638. The van der Waals surface area contributed by atoms with Crippen LogP contribution in [0.5, 0.6) is 0 Å². The van der Waals surface area contributed by atoms with Gasteiger partial charge in [-0.1, -0.05) is 26.2 Å². The van der Waals surface area contributed by atoms with Crippen LogP contribution in [-0.4, -0.2) is 30.0 Å². The molecule has 114 valence electrons. The van der Waals surface area contributed by atoms with Crippen molar-refractivity contribution in [3.63, 3.8) is 0 Å². The van der Waals surface area contributed by atoms with Crippen molar-refractivity contribution >= 4 is 15.9 Å². The lowest BCUT2D eigenvalue weighted by Gasteiger charge is -2.35. The van der Waals surface area contributed by atoms with Crippen LogP contribution in [0.1, 0.15) is 51.1 Å². The summed E-state index contributed by atoms with van der Waals surface area (Å²) in [4.78, 5) is 0. The van der Waals surface area contributed by atoms with E-state index in [4.69, 9.17) is 4.74 Å². The van der Waals surface area contributed by atoms with Gasteiger partial charge in [0.1, 0.15) is 0 Å². The molecule has 0 spiro atoms. The van der Waals surface area contributed by atoms with E-state index in [0.29, 0.717) is 6.61 Å². The first-order valence-electron chi connectivity index (χ1n) is 7.69. The molecule has 1 N–H and O–H groups in total. The summed E-state index contributed by atoms with van der Waals surface area (Å²) in [7, 11) is 1.74. The molecular weight excluding hydrogens is 318 g/mol. The summed E-state index contributed by atoms with van der Waals surface area (Å²) in [6.07, 6.45) is 9.33. The third-order valence-corrected chi connectivity index (χ3v) is 4.76. The Labute approximate surface area is 130 Å². The number of halogens is 1. The highest BCUT2D eigenvalue weighted by atomic mass is 79.9. The summed E-state index contributed by atoms with van der Waals surface area (Å²) in [5, 5.41) is 8.36. The molecule has 1 aromatic rings. The van der Waals surface area contributed by atoms with Gasteiger partial charge in [-0.25, -0.2) is 0 Å². The van der Waals surface area contributed by atoms with Crippen LogP contribution < -0.4 is 5.32 Å². The van der Waals surface area contributed by atoms with E-state index in [0.717, 1.165) is 24.0 Å². The summed E-state index contributed by atoms with van der Waals surface area (Å²) >= 11 is 3.71. The van der Waals surface area contributed by atoms with E-state index >= 15 is 0 Å². The average Bonchev–Trinajstić information content (AvgIpc) is 2.66. The fourth-order valence-electron chi connectivity index (χ4n) is 3.29. The molecule has 0 radical (unpaired) electrons. The zero-order valence-electron chi connectivity index (χ0n) is 12.6. The van der Waals surface area contributed by atoms with Gasteiger partial charge in [-0.05, 0) is 41.7 Å². The van der Waals surface area contributed by atoms with Crippen LogP contribution in [0.2, 0.25) is 0 Å². The summed E-state index contributed by atoms with van der Waals surface area (Å²) < 4.78 is 8.45. The standard InChI is InChI=1S/C15H26BrN3O/c1-3-7-15(8-5-4-6-9-17-15)14-13(16)12-18-19(14)10-11-20-2/h12,17H,3-11H2,1-2H3. The first-order valence-corrected chi connectivity index (χ1v) is 8.48. The SMILES string of the molecule is CCCC1(c2c(Br)cnn2CCOC)CCCCCN1. The number of rotatable bonds is 6. The molecule has 1 fully saturated rings. The third-order valence-electron chi connectivity index (χ3n) is 4.18. The van der Waals surface area contributed by atoms with Crippen molar-refractivity contribution in [2.24, 2.45) is 0 Å². The highest BCUT2D eigenvalue weighted by Gasteiger charge is 2.36. The smallest absolute Gasteiger partial charge is 0.0728 e. The first-order chi connectivity index (χ1) is 9.73. The van der Waals surface area contributed by atoms with Crippen LogP contribution in [0.4, 0.5) is 0 Å². The van der Waals surface area contributed by atoms with Gasteiger partial charge in [0.25, 0.3) is 0 Å². The lowest BCUT2D eigenvalue weighted by Crippen LogP contribution is -2.44. The molecule has 1 unspecified atom stereocenters. The molecule has 2 rings (SSSR count). The Morgan fingerprint density at radius 3 is 3.05 bits per heavy atom. The molecule has 0 bridgehead atoms. The van der Waals surface area contributed by atoms with Crippen LogP contribution in [0.15, 0.2) is 10.7 Å². The van der Waals surface area contributed by atoms with Gasteiger partial charge in [-0.3, -0.25) is 4.68 Å². The van der Waals surface area contributed by atoms with Gasteiger partial charge in [0.2, 0.25) is 0 Å². The van der Waals surface area contributed by atoms with E-state index in [1.54, 1.807) is 7.11 Å². The maximum Gasteiger partial charge on any atom is 0.0728 e. The molecular formula is C15H26BrN3O. The zero-order valence-corrected chi connectivity index (χ0v) is 14.2. The van der Waals surface area contributed by atoms with Crippen LogP contribution in [0.25, 0.3) is 0 Å². The molecule has 20 heavy (non-hydrogen) atoms. The summed E-state index contributed by atoms with van der Waals surface area (Å²) in [5.74, 6) is 0. The second-order valence-electron chi connectivity index (χ2n) is 5.63. The molecule has 4 nitrogen and oxygen atoms in total. The van der Waals surface area contributed by atoms with Crippen molar-refractivity contribution in [3.05, 3.63) is 16.4 Å². The highest BCUT2D eigenvalue weighted by molar-refractivity contribution is 9.10. The second-order valence-corrected chi connectivity index (χ2v) is 6.48. The number of aromatic nitrogens is 2. The van der Waals surface area contributed by atoms with Crippen LogP contribution in [-0.2, 0) is 16.8 Å². The van der Waals surface area contributed by atoms with Crippen molar-refractivity contribution in [2.75, 3.05) is 20.3 Å². The van der Waals surface area contributed by atoms with Crippen molar-refractivity contribution < 1.29 is 4.74 Å². The Kier molecular flexibility index (Phi) is 6.05. The van der Waals surface area contributed by atoms with Gasteiger partial charge >= 0.3 is 0 Å². The molecule has 1 aromatic heterocycles. The summed E-state index contributed by atoms with van der Waals surface area (Å²) in [6.45, 7) is 4.87. The van der Waals surface area contributed by atoms with Crippen molar-refractivity contribution in [1.29, 1.82) is 0 Å². The monoisotopic (exact) mass is 343 g/mol. The van der Waals surface area contributed by atoms with Crippen LogP contribution >= 0.6 is 15.9 Å². The molecule has 1 aliphatic rings. The molecule has 1 saturated heterocycles. The van der Waals surface area contributed by atoms with E-state index in [9.17, 15) is 0 Å². The highest BCUT2D eigenvalue weighted by Crippen LogP contribution is 2.38. The maximum atomic E-state index is 5.22. The van der Waals surface area contributed by atoms with E-state index in [-0.39, 0.29) is 5.54 Å². The number of nitrogens with zero attached hydrogens (tertiary/aromatic N) is 2. The largest absolute Gasteiger partial charge is 0.383 e. The normalized spacial score (nSPS) is 23.8. The Hall–Kier alpha value is -0.390.